The highest BCUT2D eigenvalue weighted by Gasteiger charge is 2.23. The number of nitrogens with zero attached hydrogens (tertiary/aromatic N) is 5. The van der Waals surface area contributed by atoms with E-state index in [2.05, 4.69) is 15.4 Å². The van der Waals surface area contributed by atoms with Gasteiger partial charge in [-0.1, -0.05) is 5.21 Å². The molecule has 0 aliphatic heterocycles. The van der Waals surface area contributed by atoms with E-state index in [0.29, 0.717) is 5.56 Å². The highest BCUT2D eigenvalue weighted by atomic mass is 19.3. The van der Waals surface area contributed by atoms with Crippen molar-refractivity contribution in [2.45, 2.75) is 13.0 Å². The van der Waals surface area contributed by atoms with Gasteiger partial charge in [0.15, 0.2) is 5.69 Å². The van der Waals surface area contributed by atoms with Crippen LogP contribution in [0.4, 0.5) is 8.78 Å². The van der Waals surface area contributed by atoms with Gasteiger partial charge in [0.25, 0.3) is 6.43 Å². The zero-order valence-corrected chi connectivity index (χ0v) is 9.29. The minimum Gasteiger partial charge on any atom is -0.476 e. The average Bonchev–Trinajstić information content (AvgIpc) is 2.83. The average molecular weight is 257 g/mol. The number of alkyl halides is 2. The number of carbonyl (C=O) groups is 1. The Morgan fingerprint density at radius 1 is 1.56 bits per heavy atom. The Labute approximate surface area is 99.6 Å². The maximum Gasteiger partial charge on any atom is 0.358 e. The number of aryl methyl sites for hydroxylation is 1. The second-order valence-corrected chi connectivity index (χ2v) is 3.57. The van der Waals surface area contributed by atoms with Crippen LogP contribution in [-0.2, 0) is 13.6 Å². The van der Waals surface area contributed by atoms with Gasteiger partial charge in [-0.25, -0.2) is 18.3 Å². The molecule has 1 N–H and O–H groups in total. The summed E-state index contributed by atoms with van der Waals surface area (Å²) in [6.45, 7) is -0.718. The van der Waals surface area contributed by atoms with Gasteiger partial charge in [0.2, 0.25) is 0 Å². The number of hydrogen-bond donors (Lipinski definition) is 1. The Hall–Kier alpha value is -2.32. The van der Waals surface area contributed by atoms with Gasteiger partial charge in [-0.05, 0) is 0 Å². The van der Waals surface area contributed by atoms with Crippen LogP contribution in [0.15, 0.2) is 12.4 Å². The van der Waals surface area contributed by atoms with Gasteiger partial charge in [0.1, 0.15) is 12.2 Å². The molecule has 0 amide bonds. The third-order valence-corrected chi connectivity index (χ3v) is 2.23. The molecule has 0 radical (unpaired) electrons. The van der Waals surface area contributed by atoms with Crippen LogP contribution < -0.4 is 0 Å². The van der Waals surface area contributed by atoms with E-state index in [1.54, 1.807) is 7.05 Å². The highest BCUT2D eigenvalue weighted by molar-refractivity contribution is 5.92. The Morgan fingerprint density at radius 3 is 2.78 bits per heavy atom. The van der Waals surface area contributed by atoms with Gasteiger partial charge in [-0.3, -0.25) is 4.68 Å². The Balaban J connectivity index is 2.53. The molecule has 2 rings (SSSR count). The fourth-order valence-corrected chi connectivity index (χ4v) is 1.54. The van der Waals surface area contributed by atoms with Crippen molar-refractivity contribution in [1.82, 2.24) is 24.8 Å². The molecule has 0 saturated carbocycles. The fourth-order valence-electron chi connectivity index (χ4n) is 1.54. The van der Waals surface area contributed by atoms with Gasteiger partial charge in [0, 0.05) is 18.8 Å². The largest absolute Gasteiger partial charge is 0.476 e. The molecule has 9 heteroatoms. The second-order valence-electron chi connectivity index (χ2n) is 3.57. The van der Waals surface area contributed by atoms with Gasteiger partial charge >= 0.3 is 5.97 Å². The summed E-state index contributed by atoms with van der Waals surface area (Å²) in [5.74, 6) is -1.32. The Morgan fingerprint density at radius 2 is 2.28 bits per heavy atom. The fraction of sp³-hybridized carbons (Fsp3) is 0.333. The van der Waals surface area contributed by atoms with Crippen molar-refractivity contribution in [3.63, 3.8) is 0 Å². The molecule has 0 spiro atoms. The van der Waals surface area contributed by atoms with Crippen LogP contribution in [0.1, 0.15) is 10.5 Å². The van der Waals surface area contributed by atoms with Crippen molar-refractivity contribution in [2.24, 2.45) is 7.05 Å². The number of carboxylic acid groups (broad SMARTS) is 1. The summed E-state index contributed by atoms with van der Waals surface area (Å²) < 4.78 is 27.0. The second kappa shape index (κ2) is 4.51. The molecular weight excluding hydrogens is 248 g/mol. The molecule has 2 aromatic rings. The van der Waals surface area contributed by atoms with Crippen LogP contribution in [0.5, 0.6) is 0 Å². The monoisotopic (exact) mass is 257 g/mol. The topological polar surface area (TPSA) is 85.8 Å². The summed E-state index contributed by atoms with van der Waals surface area (Å²) in [6.07, 6.45) is 0.226. The third-order valence-electron chi connectivity index (χ3n) is 2.23. The summed E-state index contributed by atoms with van der Waals surface area (Å²) in [6, 6.07) is 0. The van der Waals surface area contributed by atoms with Crippen LogP contribution in [0.25, 0.3) is 11.3 Å². The summed E-state index contributed by atoms with van der Waals surface area (Å²) in [4.78, 5) is 11.0. The smallest absolute Gasteiger partial charge is 0.358 e. The van der Waals surface area contributed by atoms with Crippen molar-refractivity contribution >= 4 is 5.97 Å². The number of carboxylic acids is 1. The predicted molar refractivity (Wildman–Crippen MR) is 55.2 cm³/mol. The quantitative estimate of drug-likeness (QED) is 0.868. The number of halogens is 2. The summed E-state index contributed by atoms with van der Waals surface area (Å²) in [5.41, 5.74) is 0.0279. The van der Waals surface area contributed by atoms with E-state index >= 15 is 0 Å². The van der Waals surface area contributed by atoms with Crippen LogP contribution in [-0.4, -0.2) is 42.3 Å². The lowest BCUT2D eigenvalue weighted by molar-refractivity contribution is 0.0691. The van der Waals surface area contributed by atoms with E-state index in [0.717, 1.165) is 4.68 Å². The van der Waals surface area contributed by atoms with Crippen LogP contribution in [0.2, 0.25) is 0 Å². The molecule has 0 aliphatic carbocycles. The molecule has 0 fully saturated rings. The lowest BCUT2D eigenvalue weighted by Crippen LogP contribution is -2.10. The van der Waals surface area contributed by atoms with E-state index < -0.39 is 18.9 Å². The van der Waals surface area contributed by atoms with Crippen LogP contribution >= 0.6 is 0 Å². The normalized spacial score (nSPS) is 11.1. The summed E-state index contributed by atoms with van der Waals surface area (Å²) in [5, 5.41) is 19.6. The first-order chi connectivity index (χ1) is 8.49. The molecule has 96 valence electrons. The maximum atomic E-state index is 12.4. The standard InChI is InChI=1S/C9H9F2N5O2/c1-15-3-5(2-12-15)8-7(9(17)18)13-14-16(8)4-6(10)11/h2-3,6H,4H2,1H3,(H,17,18). The first-order valence-corrected chi connectivity index (χ1v) is 4.93. The molecule has 0 unspecified atom stereocenters. The van der Waals surface area contributed by atoms with Gasteiger partial charge in [-0.15, -0.1) is 5.10 Å². The summed E-state index contributed by atoms with van der Waals surface area (Å²) >= 11 is 0. The lowest BCUT2D eigenvalue weighted by Gasteiger charge is -2.03. The minimum absolute atomic E-state index is 0.0240. The SMILES string of the molecule is Cn1cc(-c2c(C(=O)O)nnn2CC(F)F)cn1. The highest BCUT2D eigenvalue weighted by Crippen LogP contribution is 2.22. The van der Waals surface area contributed by atoms with E-state index in [1.807, 2.05) is 0 Å². The lowest BCUT2D eigenvalue weighted by atomic mass is 10.2. The van der Waals surface area contributed by atoms with Crippen LogP contribution in [0.3, 0.4) is 0 Å². The zero-order valence-electron chi connectivity index (χ0n) is 9.29. The maximum absolute atomic E-state index is 12.4. The molecule has 2 aromatic heterocycles. The van der Waals surface area contributed by atoms with E-state index in [-0.39, 0.29) is 11.4 Å². The minimum atomic E-state index is -2.65. The van der Waals surface area contributed by atoms with Crippen LogP contribution in [0, 0.1) is 0 Å². The molecule has 0 aromatic carbocycles. The molecule has 0 aliphatic rings. The molecule has 0 atom stereocenters. The van der Waals surface area contributed by atoms with Crippen molar-refractivity contribution < 1.29 is 18.7 Å². The number of hydrogen-bond acceptors (Lipinski definition) is 4. The van der Waals surface area contributed by atoms with Crippen molar-refractivity contribution in [1.29, 1.82) is 0 Å². The van der Waals surface area contributed by atoms with Crippen molar-refractivity contribution in [2.75, 3.05) is 0 Å². The molecule has 2 heterocycles. The van der Waals surface area contributed by atoms with Crippen molar-refractivity contribution in [3.8, 4) is 11.3 Å². The summed E-state index contributed by atoms with van der Waals surface area (Å²) in [7, 11) is 1.63. The molecule has 7 nitrogen and oxygen atoms in total. The Bertz CT molecular complexity index is 577. The van der Waals surface area contributed by atoms with E-state index in [4.69, 9.17) is 5.11 Å². The molecule has 18 heavy (non-hydrogen) atoms. The van der Waals surface area contributed by atoms with Gasteiger partial charge in [0.05, 0.1) is 6.20 Å². The first-order valence-electron chi connectivity index (χ1n) is 4.93. The van der Waals surface area contributed by atoms with Gasteiger partial charge < -0.3 is 5.11 Å². The van der Waals surface area contributed by atoms with Crippen molar-refractivity contribution in [3.05, 3.63) is 18.1 Å². The van der Waals surface area contributed by atoms with Gasteiger partial charge in [-0.2, -0.15) is 5.10 Å². The number of aromatic nitrogens is 5. The molecule has 0 bridgehead atoms. The number of aromatic carboxylic acids is 1. The van der Waals surface area contributed by atoms with E-state index in [1.165, 1.54) is 17.1 Å². The predicted octanol–water partition coefficient (Wildman–Crippen LogP) is 0.642. The number of rotatable bonds is 4. The van der Waals surface area contributed by atoms with E-state index in [9.17, 15) is 13.6 Å². The molecular formula is C9H9F2N5O2. The third kappa shape index (κ3) is 2.19. The molecule has 0 saturated heterocycles. The zero-order chi connectivity index (χ0) is 13.3. The first kappa shape index (κ1) is 12.1. The Kier molecular flexibility index (Phi) is 3.04.